The summed E-state index contributed by atoms with van der Waals surface area (Å²) in [6, 6.07) is 7.57. The van der Waals surface area contributed by atoms with Crippen molar-refractivity contribution in [3.63, 3.8) is 0 Å². The number of amides is 1. The topological polar surface area (TPSA) is 58.6 Å². The van der Waals surface area contributed by atoms with E-state index in [4.69, 9.17) is 4.74 Å². The molecule has 0 radical (unpaired) electrons. The molecule has 0 heterocycles. The summed E-state index contributed by atoms with van der Waals surface area (Å²) in [5.41, 5.74) is 0.207. The van der Waals surface area contributed by atoms with E-state index in [1.807, 2.05) is 31.2 Å². The number of benzene rings is 1. The Bertz CT molecular complexity index is 452. The lowest BCUT2D eigenvalue weighted by atomic mass is 10.0. The zero-order valence-electron chi connectivity index (χ0n) is 11.5. The lowest BCUT2D eigenvalue weighted by Crippen LogP contribution is -2.43. The van der Waals surface area contributed by atoms with Gasteiger partial charge >= 0.3 is 0 Å². The van der Waals surface area contributed by atoms with Gasteiger partial charge in [-0.2, -0.15) is 0 Å². The molecule has 0 bridgehead atoms. The predicted molar refractivity (Wildman–Crippen MR) is 73.0 cm³/mol. The van der Waals surface area contributed by atoms with Crippen LogP contribution in [0.3, 0.4) is 0 Å². The fourth-order valence-electron chi connectivity index (χ4n) is 2.04. The SMILES string of the molecule is Cc1ccccc1OCC(=O)NCC(C)(O)C1CC1. The molecule has 0 saturated heterocycles. The summed E-state index contributed by atoms with van der Waals surface area (Å²) in [6.07, 6.45) is 2.09. The molecule has 0 aromatic heterocycles. The average molecular weight is 263 g/mol. The molecule has 1 aliphatic carbocycles. The highest BCUT2D eigenvalue weighted by Crippen LogP contribution is 2.38. The third-order valence-electron chi connectivity index (χ3n) is 3.55. The average Bonchev–Trinajstić information content (AvgIpc) is 3.20. The van der Waals surface area contributed by atoms with Gasteiger partial charge in [-0.15, -0.1) is 0 Å². The molecule has 4 heteroatoms. The van der Waals surface area contributed by atoms with Gasteiger partial charge in [-0.25, -0.2) is 0 Å². The molecule has 2 rings (SSSR count). The van der Waals surface area contributed by atoms with Gasteiger partial charge in [-0.3, -0.25) is 4.79 Å². The molecule has 1 aromatic rings. The molecule has 1 aliphatic rings. The lowest BCUT2D eigenvalue weighted by Gasteiger charge is -2.23. The van der Waals surface area contributed by atoms with Gasteiger partial charge in [-0.05, 0) is 44.2 Å². The Kier molecular flexibility index (Phi) is 4.10. The Morgan fingerprint density at radius 3 is 2.79 bits per heavy atom. The molecular weight excluding hydrogens is 242 g/mol. The van der Waals surface area contributed by atoms with Crippen molar-refractivity contribution in [1.29, 1.82) is 0 Å². The van der Waals surface area contributed by atoms with Crippen LogP contribution in [0.4, 0.5) is 0 Å². The Labute approximate surface area is 113 Å². The van der Waals surface area contributed by atoms with Gasteiger partial charge in [0.2, 0.25) is 0 Å². The summed E-state index contributed by atoms with van der Waals surface area (Å²) < 4.78 is 5.45. The number of hydrogen-bond acceptors (Lipinski definition) is 3. The van der Waals surface area contributed by atoms with E-state index in [9.17, 15) is 9.90 Å². The van der Waals surface area contributed by atoms with E-state index in [1.165, 1.54) is 0 Å². The Morgan fingerprint density at radius 2 is 2.16 bits per heavy atom. The first kappa shape index (κ1) is 13.9. The third-order valence-corrected chi connectivity index (χ3v) is 3.55. The van der Waals surface area contributed by atoms with Gasteiger partial charge in [0.25, 0.3) is 5.91 Å². The van der Waals surface area contributed by atoms with Crippen molar-refractivity contribution in [1.82, 2.24) is 5.32 Å². The van der Waals surface area contributed by atoms with Gasteiger partial charge in [0.1, 0.15) is 5.75 Å². The van der Waals surface area contributed by atoms with Crippen LogP contribution in [0.2, 0.25) is 0 Å². The highest BCUT2D eigenvalue weighted by atomic mass is 16.5. The van der Waals surface area contributed by atoms with Crippen molar-refractivity contribution in [2.45, 2.75) is 32.3 Å². The van der Waals surface area contributed by atoms with Crippen LogP contribution in [0.5, 0.6) is 5.75 Å². The fraction of sp³-hybridized carbons (Fsp3) is 0.533. The van der Waals surface area contributed by atoms with E-state index in [2.05, 4.69) is 5.32 Å². The maximum Gasteiger partial charge on any atom is 0.258 e. The first-order valence-corrected chi connectivity index (χ1v) is 6.66. The summed E-state index contributed by atoms with van der Waals surface area (Å²) in [6.45, 7) is 3.97. The smallest absolute Gasteiger partial charge is 0.258 e. The Hall–Kier alpha value is -1.55. The monoisotopic (exact) mass is 263 g/mol. The second-order valence-electron chi connectivity index (χ2n) is 5.46. The highest BCUT2D eigenvalue weighted by molar-refractivity contribution is 5.77. The first-order chi connectivity index (χ1) is 8.99. The van der Waals surface area contributed by atoms with Crippen LogP contribution in [-0.2, 0) is 4.79 Å². The molecule has 0 aliphatic heterocycles. The highest BCUT2D eigenvalue weighted by Gasteiger charge is 2.39. The van der Waals surface area contributed by atoms with Crippen molar-refractivity contribution in [3.8, 4) is 5.75 Å². The number of hydrogen-bond donors (Lipinski definition) is 2. The van der Waals surface area contributed by atoms with Gasteiger partial charge in [0, 0.05) is 6.54 Å². The zero-order chi connectivity index (χ0) is 13.9. The molecular formula is C15H21NO3. The van der Waals surface area contributed by atoms with Gasteiger partial charge < -0.3 is 15.2 Å². The van der Waals surface area contributed by atoms with Crippen molar-refractivity contribution >= 4 is 5.91 Å². The molecule has 1 amide bonds. The molecule has 19 heavy (non-hydrogen) atoms. The van der Waals surface area contributed by atoms with Crippen LogP contribution in [0.15, 0.2) is 24.3 Å². The van der Waals surface area contributed by atoms with Crippen LogP contribution >= 0.6 is 0 Å². The number of nitrogens with one attached hydrogen (secondary N) is 1. The van der Waals surface area contributed by atoms with Crippen molar-refractivity contribution < 1.29 is 14.6 Å². The standard InChI is InChI=1S/C15H21NO3/c1-11-5-3-4-6-13(11)19-9-14(17)16-10-15(2,18)12-7-8-12/h3-6,12,18H,7-10H2,1-2H3,(H,16,17). The molecule has 1 atom stereocenters. The summed E-state index contributed by atoms with van der Waals surface area (Å²) in [5.74, 6) is 0.834. The van der Waals surface area contributed by atoms with E-state index < -0.39 is 5.60 Å². The maximum absolute atomic E-state index is 11.7. The normalized spacial score (nSPS) is 17.6. The summed E-state index contributed by atoms with van der Waals surface area (Å²) in [7, 11) is 0. The van der Waals surface area contributed by atoms with Crippen LogP contribution in [0, 0.1) is 12.8 Å². The van der Waals surface area contributed by atoms with Crippen LogP contribution in [-0.4, -0.2) is 29.8 Å². The second-order valence-corrected chi connectivity index (χ2v) is 5.46. The minimum absolute atomic E-state index is 0.0222. The minimum Gasteiger partial charge on any atom is -0.484 e. The Morgan fingerprint density at radius 1 is 1.47 bits per heavy atom. The number of aryl methyl sites for hydroxylation is 1. The molecule has 1 aromatic carbocycles. The van der Waals surface area contributed by atoms with Gasteiger partial charge in [0.15, 0.2) is 6.61 Å². The number of carbonyl (C=O) groups is 1. The molecule has 104 valence electrons. The minimum atomic E-state index is -0.793. The molecule has 4 nitrogen and oxygen atoms in total. The van der Waals surface area contributed by atoms with E-state index in [-0.39, 0.29) is 19.1 Å². The molecule has 1 fully saturated rings. The van der Waals surface area contributed by atoms with Crippen LogP contribution < -0.4 is 10.1 Å². The van der Waals surface area contributed by atoms with E-state index in [0.717, 1.165) is 18.4 Å². The quantitative estimate of drug-likeness (QED) is 0.820. The fourth-order valence-corrected chi connectivity index (χ4v) is 2.04. The summed E-state index contributed by atoms with van der Waals surface area (Å²) >= 11 is 0. The number of rotatable bonds is 6. The van der Waals surface area contributed by atoms with E-state index in [0.29, 0.717) is 11.7 Å². The van der Waals surface area contributed by atoms with Crippen molar-refractivity contribution in [2.75, 3.05) is 13.2 Å². The predicted octanol–water partition coefficient (Wildman–Crippen LogP) is 1.65. The zero-order valence-corrected chi connectivity index (χ0v) is 11.5. The van der Waals surface area contributed by atoms with Gasteiger partial charge in [-0.1, -0.05) is 18.2 Å². The maximum atomic E-state index is 11.7. The van der Waals surface area contributed by atoms with Crippen molar-refractivity contribution in [3.05, 3.63) is 29.8 Å². The molecule has 1 saturated carbocycles. The first-order valence-electron chi connectivity index (χ1n) is 6.66. The summed E-state index contributed by atoms with van der Waals surface area (Å²) in [5, 5.41) is 12.8. The number of aliphatic hydroxyl groups is 1. The number of para-hydroxylation sites is 1. The summed E-state index contributed by atoms with van der Waals surface area (Å²) in [4.78, 5) is 11.7. The third kappa shape index (κ3) is 3.96. The largest absolute Gasteiger partial charge is 0.484 e. The molecule has 2 N–H and O–H groups in total. The molecule has 0 spiro atoms. The number of carbonyl (C=O) groups excluding carboxylic acids is 1. The second kappa shape index (κ2) is 5.61. The Balaban J connectivity index is 1.74. The number of ether oxygens (including phenoxy) is 1. The van der Waals surface area contributed by atoms with Crippen LogP contribution in [0.25, 0.3) is 0 Å². The van der Waals surface area contributed by atoms with E-state index in [1.54, 1.807) is 6.92 Å². The van der Waals surface area contributed by atoms with Gasteiger partial charge in [0.05, 0.1) is 5.60 Å². The van der Waals surface area contributed by atoms with Crippen LogP contribution in [0.1, 0.15) is 25.3 Å². The lowest BCUT2D eigenvalue weighted by molar-refractivity contribution is -0.124. The molecule has 1 unspecified atom stereocenters. The van der Waals surface area contributed by atoms with E-state index >= 15 is 0 Å². The van der Waals surface area contributed by atoms with Crippen molar-refractivity contribution in [2.24, 2.45) is 5.92 Å².